The molecule has 3 N–H and O–H groups in total. The molecule has 0 aliphatic carbocycles. The Kier molecular flexibility index (Phi) is 3.23. The maximum atomic E-state index is 10.9. The van der Waals surface area contributed by atoms with E-state index in [1.807, 2.05) is 24.3 Å². The van der Waals surface area contributed by atoms with Gasteiger partial charge in [0.25, 0.3) is 0 Å². The fourth-order valence-corrected chi connectivity index (χ4v) is 1.59. The van der Waals surface area contributed by atoms with Crippen LogP contribution in [0.2, 0.25) is 0 Å². The molecule has 0 aliphatic rings. The number of nitrogens with two attached hydrogens (primary N) is 1. The van der Waals surface area contributed by atoms with Crippen LogP contribution in [-0.4, -0.2) is 21.0 Å². The Morgan fingerprint density at radius 2 is 1.94 bits per heavy atom. The predicted molar refractivity (Wildman–Crippen MR) is 68.2 cm³/mol. The zero-order valence-corrected chi connectivity index (χ0v) is 9.92. The summed E-state index contributed by atoms with van der Waals surface area (Å²) in [6.45, 7) is 2.06. The molecule has 0 fully saturated rings. The molecule has 5 nitrogen and oxygen atoms in total. The Hall–Kier alpha value is -2.43. The Bertz CT molecular complexity index is 579. The van der Waals surface area contributed by atoms with Gasteiger partial charge in [0.1, 0.15) is 5.82 Å². The number of aryl methyl sites for hydroxylation is 1. The fourth-order valence-electron chi connectivity index (χ4n) is 1.59. The Morgan fingerprint density at radius 1 is 1.28 bits per heavy atom. The summed E-state index contributed by atoms with van der Waals surface area (Å²) in [5.74, 6) is -0.637. The van der Waals surface area contributed by atoms with Crippen molar-refractivity contribution < 1.29 is 9.90 Å². The van der Waals surface area contributed by atoms with E-state index < -0.39 is 5.97 Å². The Balaban J connectivity index is 2.46. The molecule has 0 saturated carbocycles. The number of anilines is 1. The molecule has 0 atom stereocenters. The van der Waals surface area contributed by atoms with Crippen LogP contribution in [0.1, 0.15) is 23.0 Å². The van der Waals surface area contributed by atoms with E-state index in [0.717, 1.165) is 12.0 Å². The van der Waals surface area contributed by atoms with Gasteiger partial charge in [-0.15, -0.1) is 0 Å². The van der Waals surface area contributed by atoms with Gasteiger partial charge < -0.3 is 10.8 Å². The van der Waals surface area contributed by atoms with E-state index in [4.69, 9.17) is 10.8 Å². The normalized spacial score (nSPS) is 10.3. The molecule has 2 aromatic rings. The second kappa shape index (κ2) is 4.83. The lowest BCUT2D eigenvalue weighted by Gasteiger charge is -2.04. The summed E-state index contributed by atoms with van der Waals surface area (Å²) in [5, 5.41) is 8.92. The number of carboxylic acid groups (broad SMARTS) is 1. The third-order valence-corrected chi connectivity index (χ3v) is 2.59. The van der Waals surface area contributed by atoms with Crippen LogP contribution in [0.3, 0.4) is 0 Å². The van der Waals surface area contributed by atoms with Crippen molar-refractivity contribution >= 4 is 11.8 Å². The quantitative estimate of drug-likeness (QED) is 0.860. The van der Waals surface area contributed by atoms with Gasteiger partial charge in [0.2, 0.25) is 0 Å². The van der Waals surface area contributed by atoms with Crippen LogP contribution in [0.5, 0.6) is 0 Å². The molecule has 1 aromatic carbocycles. The number of nitrogens with zero attached hydrogens (tertiary/aromatic N) is 2. The van der Waals surface area contributed by atoms with E-state index in [1.54, 1.807) is 0 Å². The maximum absolute atomic E-state index is 10.9. The number of carboxylic acids is 1. The maximum Gasteiger partial charge on any atom is 0.354 e. The van der Waals surface area contributed by atoms with Crippen molar-refractivity contribution in [3.05, 3.63) is 41.6 Å². The number of carbonyl (C=O) groups is 1. The molecule has 0 aliphatic heterocycles. The molecule has 0 spiro atoms. The highest BCUT2D eigenvalue weighted by Crippen LogP contribution is 2.18. The van der Waals surface area contributed by atoms with Crippen molar-refractivity contribution in [1.82, 2.24) is 9.97 Å². The van der Waals surface area contributed by atoms with Crippen LogP contribution < -0.4 is 5.73 Å². The first-order valence-corrected chi connectivity index (χ1v) is 5.57. The summed E-state index contributed by atoms with van der Waals surface area (Å²) < 4.78 is 0. The SMILES string of the molecule is CCc1ccc(-c2nc(N)cc(C(=O)O)n2)cc1. The van der Waals surface area contributed by atoms with Crippen LogP contribution >= 0.6 is 0 Å². The Labute approximate surface area is 104 Å². The number of rotatable bonds is 3. The van der Waals surface area contributed by atoms with Crippen molar-refractivity contribution in [2.45, 2.75) is 13.3 Å². The summed E-state index contributed by atoms with van der Waals surface area (Å²) in [7, 11) is 0. The highest BCUT2D eigenvalue weighted by atomic mass is 16.4. The predicted octanol–water partition coefficient (Wildman–Crippen LogP) is 1.99. The zero-order valence-electron chi connectivity index (χ0n) is 9.92. The molecule has 2 rings (SSSR count). The summed E-state index contributed by atoms with van der Waals surface area (Å²) in [6, 6.07) is 8.88. The van der Waals surface area contributed by atoms with Gasteiger partial charge in [0.15, 0.2) is 11.5 Å². The smallest absolute Gasteiger partial charge is 0.354 e. The van der Waals surface area contributed by atoms with E-state index in [1.165, 1.54) is 11.6 Å². The fraction of sp³-hybridized carbons (Fsp3) is 0.154. The van der Waals surface area contributed by atoms with Crippen LogP contribution in [0, 0.1) is 0 Å². The minimum Gasteiger partial charge on any atom is -0.477 e. The number of nitrogen functional groups attached to an aromatic ring is 1. The standard InChI is InChI=1S/C13H13N3O2/c1-2-8-3-5-9(6-4-8)12-15-10(13(17)18)7-11(14)16-12/h3-7H,2H2,1H3,(H,17,18)(H2,14,15,16). The molecule has 1 heterocycles. The highest BCUT2D eigenvalue weighted by molar-refractivity contribution is 5.86. The topological polar surface area (TPSA) is 89.1 Å². The second-order valence-corrected chi connectivity index (χ2v) is 3.86. The van der Waals surface area contributed by atoms with Crippen molar-refractivity contribution in [2.24, 2.45) is 0 Å². The van der Waals surface area contributed by atoms with E-state index in [2.05, 4.69) is 16.9 Å². The van der Waals surface area contributed by atoms with Gasteiger partial charge in [0.05, 0.1) is 0 Å². The molecule has 0 unspecified atom stereocenters. The molecular formula is C13H13N3O2. The summed E-state index contributed by atoms with van der Waals surface area (Å²) in [4.78, 5) is 18.9. The molecule has 0 saturated heterocycles. The number of hydrogen-bond acceptors (Lipinski definition) is 4. The first kappa shape index (κ1) is 12.0. The minimum atomic E-state index is -1.12. The second-order valence-electron chi connectivity index (χ2n) is 3.86. The van der Waals surface area contributed by atoms with Crippen molar-refractivity contribution in [3.63, 3.8) is 0 Å². The van der Waals surface area contributed by atoms with Crippen LogP contribution in [0.4, 0.5) is 5.82 Å². The van der Waals surface area contributed by atoms with Gasteiger partial charge >= 0.3 is 5.97 Å². The number of aromatic carboxylic acids is 1. The number of benzene rings is 1. The molecule has 0 bridgehead atoms. The zero-order chi connectivity index (χ0) is 13.1. The average molecular weight is 243 g/mol. The number of hydrogen-bond donors (Lipinski definition) is 2. The Morgan fingerprint density at radius 3 is 2.50 bits per heavy atom. The van der Waals surface area contributed by atoms with Gasteiger partial charge in [-0.1, -0.05) is 31.2 Å². The van der Waals surface area contributed by atoms with Crippen molar-refractivity contribution in [2.75, 3.05) is 5.73 Å². The molecule has 92 valence electrons. The van der Waals surface area contributed by atoms with Crippen molar-refractivity contribution in [3.8, 4) is 11.4 Å². The average Bonchev–Trinajstić information content (AvgIpc) is 2.38. The van der Waals surface area contributed by atoms with Crippen LogP contribution in [0.15, 0.2) is 30.3 Å². The van der Waals surface area contributed by atoms with Crippen molar-refractivity contribution in [1.29, 1.82) is 0 Å². The molecule has 5 heteroatoms. The van der Waals surface area contributed by atoms with Crippen LogP contribution in [0.25, 0.3) is 11.4 Å². The lowest BCUT2D eigenvalue weighted by atomic mass is 10.1. The first-order valence-electron chi connectivity index (χ1n) is 5.57. The first-order chi connectivity index (χ1) is 8.60. The van der Waals surface area contributed by atoms with Gasteiger partial charge in [-0.3, -0.25) is 0 Å². The van der Waals surface area contributed by atoms with E-state index in [9.17, 15) is 4.79 Å². The molecule has 0 amide bonds. The molecular weight excluding hydrogens is 230 g/mol. The van der Waals surface area contributed by atoms with Gasteiger partial charge in [0, 0.05) is 11.6 Å². The lowest BCUT2D eigenvalue weighted by Crippen LogP contribution is -2.05. The molecule has 18 heavy (non-hydrogen) atoms. The third-order valence-electron chi connectivity index (χ3n) is 2.59. The van der Waals surface area contributed by atoms with Gasteiger partial charge in [-0.2, -0.15) is 0 Å². The van der Waals surface area contributed by atoms with E-state index in [0.29, 0.717) is 5.82 Å². The minimum absolute atomic E-state index is 0.0999. The monoisotopic (exact) mass is 243 g/mol. The largest absolute Gasteiger partial charge is 0.477 e. The van der Waals surface area contributed by atoms with E-state index >= 15 is 0 Å². The van der Waals surface area contributed by atoms with Gasteiger partial charge in [-0.25, -0.2) is 14.8 Å². The third kappa shape index (κ3) is 2.45. The van der Waals surface area contributed by atoms with E-state index in [-0.39, 0.29) is 11.5 Å². The number of aromatic nitrogens is 2. The highest BCUT2D eigenvalue weighted by Gasteiger charge is 2.10. The summed E-state index contributed by atoms with van der Waals surface area (Å²) >= 11 is 0. The summed E-state index contributed by atoms with van der Waals surface area (Å²) in [5.41, 5.74) is 7.42. The lowest BCUT2D eigenvalue weighted by molar-refractivity contribution is 0.0690. The van der Waals surface area contributed by atoms with Crippen LogP contribution in [-0.2, 0) is 6.42 Å². The van der Waals surface area contributed by atoms with Gasteiger partial charge in [-0.05, 0) is 12.0 Å². The molecule has 0 radical (unpaired) electrons. The molecule has 1 aromatic heterocycles. The summed E-state index contributed by atoms with van der Waals surface area (Å²) in [6.07, 6.45) is 0.943.